The highest BCUT2D eigenvalue weighted by Gasteiger charge is 2.03. The zero-order valence-electron chi connectivity index (χ0n) is 10.8. The van der Waals surface area contributed by atoms with Gasteiger partial charge in [-0.3, -0.25) is 4.79 Å². The zero-order chi connectivity index (χ0) is 13.4. The van der Waals surface area contributed by atoms with Crippen LogP contribution in [-0.4, -0.2) is 37.2 Å². The topological polar surface area (TPSA) is 46.3 Å². The Morgan fingerprint density at radius 3 is 2.56 bits per heavy atom. The Labute approximate surface area is 113 Å². The normalized spacial score (nSPS) is 9.50. The maximum Gasteiger partial charge on any atom is 0.232 e. The molecular formula is C14H18N2OS. The molecular weight excluding hydrogens is 244 g/mol. The molecule has 0 saturated carbocycles. The average Bonchev–Trinajstić information content (AvgIpc) is 2.37. The number of carbonyl (C=O) groups excluding carboxylic acids is 1. The molecule has 1 amide bonds. The predicted octanol–water partition coefficient (Wildman–Crippen LogP) is 1.32. The molecule has 0 heterocycles. The molecule has 0 aliphatic rings. The van der Waals surface area contributed by atoms with Gasteiger partial charge in [0, 0.05) is 25.4 Å². The van der Waals surface area contributed by atoms with Crippen LogP contribution >= 0.6 is 11.8 Å². The number of amides is 1. The van der Waals surface area contributed by atoms with Crippen LogP contribution in [0.2, 0.25) is 0 Å². The van der Waals surface area contributed by atoms with Gasteiger partial charge in [0.1, 0.15) is 0 Å². The highest BCUT2D eigenvalue weighted by Crippen LogP contribution is 2.13. The molecule has 0 radical (unpaired) electrons. The van der Waals surface area contributed by atoms with Gasteiger partial charge in [-0.2, -0.15) is 0 Å². The van der Waals surface area contributed by atoms with Crippen molar-refractivity contribution in [2.75, 3.05) is 26.4 Å². The van der Waals surface area contributed by atoms with Crippen LogP contribution < -0.4 is 5.73 Å². The minimum atomic E-state index is 0.144. The number of rotatable bonds is 4. The summed E-state index contributed by atoms with van der Waals surface area (Å²) in [6.07, 6.45) is 0. The Kier molecular flexibility index (Phi) is 6.34. The first-order valence-corrected chi connectivity index (χ1v) is 6.84. The molecule has 0 aliphatic heterocycles. The van der Waals surface area contributed by atoms with Crippen LogP contribution in [0.5, 0.6) is 0 Å². The lowest BCUT2D eigenvalue weighted by atomic mass is 10.1. The third kappa shape index (κ3) is 5.26. The van der Waals surface area contributed by atoms with Gasteiger partial charge in [0.25, 0.3) is 0 Å². The monoisotopic (exact) mass is 262 g/mol. The molecule has 4 heteroatoms. The summed E-state index contributed by atoms with van der Waals surface area (Å²) in [6, 6.07) is 8.03. The fourth-order valence-electron chi connectivity index (χ4n) is 1.22. The van der Waals surface area contributed by atoms with Gasteiger partial charge in [0.2, 0.25) is 5.91 Å². The zero-order valence-corrected chi connectivity index (χ0v) is 11.6. The Morgan fingerprint density at radius 2 is 2.00 bits per heavy atom. The van der Waals surface area contributed by atoms with E-state index in [0.29, 0.717) is 12.3 Å². The Hall–Kier alpha value is -1.44. The second kappa shape index (κ2) is 7.80. The maximum absolute atomic E-state index is 11.4. The summed E-state index contributed by atoms with van der Waals surface area (Å²) in [5.41, 5.74) is 7.48. The van der Waals surface area contributed by atoms with Crippen LogP contribution in [0.25, 0.3) is 0 Å². The number of nitrogens with two attached hydrogens (primary N) is 1. The van der Waals surface area contributed by atoms with Crippen molar-refractivity contribution in [3.8, 4) is 11.8 Å². The van der Waals surface area contributed by atoms with E-state index in [9.17, 15) is 4.79 Å². The minimum Gasteiger partial charge on any atom is -0.348 e. The fraction of sp³-hybridized carbons (Fsp3) is 0.357. The Morgan fingerprint density at radius 1 is 1.33 bits per heavy atom. The Bertz CT molecular complexity index is 443. The van der Waals surface area contributed by atoms with E-state index < -0.39 is 0 Å². The highest BCUT2D eigenvalue weighted by molar-refractivity contribution is 7.99. The summed E-state index contributed by atoms with van der Waals surface area (Å²) in [6.45, 7) is 0.379. The lowest BCUT2D eigenvalue weighted by Crippen LogP contribution is -2.23. The van der Waals surface area contributed by atoms with Crippen molar-refractivity contribution in [3.05, 3.63) is 35.4 Å². The predicted molar refractivity (Wildman–Crippen MR) is 77.2 cm³/mol. The number of hydrogen-bond donors (Lipinski definition) is 1. The standard InChI is InChI=1S/C14H18N2OS/c1-16(2)14(17)11-18-10-13-7-5-12(6-8-13)4-3-9-15/h5-8H,9-11,15H2,1-2H3. The molecule has 0 fully saturated rings. The van der Waals surface area contributed by atoms with E-state index in [4.69, 9.17) is 5.73 Å². The molecule has 0 spiro atoms. The van der Waals surface area contributed by atoms with Crippen LogP contribution in [0, 0.1) is 11.8 Å². The Balaban J connectivity index is 2.42. The van der Waals surface area contributed by atoms with Gasteiger partial charge in [-0.25, -0.2) is 0 Å². The van der Waals surface area contributed by atoms with Gasteiger partial charge in [0.15, 0.2) is 0 Å². The molecule has 0 aromatic heterocycles. The fourth-order valence-corrected chi connectivity index (χ4v) is 2.19. The van der Waals surface area contributed by atoms with Crippen LogP contribution in [0.1, 0.15) is 11.1 Å². The van der Waals surface area contributed by atoms with Crippen molar-refractivity contribution in [2.24, 2.45) is 5.73 Å². The van der Waals surface area contributed by atoms with Crippen LogP contribution in [0.3, 0.4) is 0 Å². The van der Waals surface area contributed by atoms with Gasteiger partial charge < -0.3 is 10.6 Å². The second-order valence-electron chi connectivity index (χ2n) is 3.98. The summed E-state index contributed by atoms with van der Waals surface area (Å²) < 4.78 is 0. The third-order valence-electron chi connectivity index (χ3n) is 2.28. The molecule has 0 atom stereocenters. The van der Waals surface area contributed by atoms with Gasteiger partial charge in [-0.05, 0) is 17.7 Å². The van der Waals surface area contributed by atoms with Crippen molar-refractivity contribution in [1.82, 2.24) is 4.90 Å². The molecule has 1 aromatic carbocycles. The van der Waals surface area contributed by atoms with Crippen LogP contribution in [-0.2, 0) is 10.5 Å². The highest BCUT2D eigenvalue weighted by atomic mass is 32.2. The van der Waals surface area contributed by atoms with Crippen molar-refractivity contribution in [2.45, 2.75) is 5.75 Å². The van der Waals surface area contributed by atoms with Crippen LogP contribution in [0.4, 0.5) is 0 Å². The van der Waals surface area contributed by atoms with Crippen molar-refractivity contribution < 1.29 is 4.79 Å². The molecule has 96 valence electrons. The lowest BCUT2D eigenvalue weighted by molar-refractivity contribution is -0.125. The van der Waals surface area contributed by atoms with Gasteiger partial charge in [-0.1, -0.05) is 24.0 Å². The summed E-state index contributed by atoms with van der Waals surface area (Å²) in [4.78, 5) is 13.0. The van der Waals surface area contributed by atoms with E-state index in [1.807, 2.05) is 24.3 Å². The van der Waals surface area contributed by atoms with Crippen molar-refractivity contribution in [1.29, 1.82) is 0 Å². The van der Waals surface area contributed by atoms with Gasteiger partial charge >= 0.3 is 0 Å². The first-order valence-electron chi connectivity index (χ1n) is 5.69. The number of thioether (sulfide) groups is 1. The molecule has 0 bridgehead atoms. The van der Waals surface area contributed by atoms with E-state index in [2.05, 4.69) is 11.8 Å². The second-order valence-corrected chi connectivity index (χ2v) is 4.97. The van der Waals surface area contributed by atoms with E-state index in [1.54, 1.807) is 30.8 Å². The summed E-state index contributed by atoms with van der Waals surface area (Å²) in [5, 5.41) is 0. The summed E-state index contributed by atoms with van der Waals surface area (Å²) in [7, 11) is 3.54. The van der Waals surface area contributed by atoms with Gasteiger partial charge in [0.05, 0.1) is 12.3 Å². The first kappa shape index (κ1) is 14.6. The molecule has 1 aromatic rings. The third-order valence-corrected chi connectivity index (χ3v) is 3.27. The van der Waals surface area contributed by atoms with E-state index >= 15 is 0 Å². The van der Waals surface area contributed by atoms with Crippen molar-refractivity contribution >= 4 is 17.7 Å². The van der Waals surface area contributed by atoms with Crippen molar-refractivity contribution in [3.63, 3.8) is 0 Å². The number of benzene rings is 1. The number of carbonyl (C=O) groups is 1. The molecule has 3 nitrogen and oxygen atoms in total. The largest absolute Gasteiger partial charge is 0.348 e. The summed E-state index contributed by atoms with van der Waals surface area (Å²) in [5.74, 6) is 7.29. The smallest absolute Gasteiger partial charge is 0.232 e. The maximum atomic E-state index is 11.4. The number of hydrogen-bond acceptors (Lipinski definition) is 3. The quantitative estimate of drug-likeness (QED) is 0.832. The minimum absolute atomic E-state index is 0.144. The van der Waals surface area contributed by atoms with E-state index in [-0.39, 0.29) is 5.91 Å². The molecule has 1 rings (SSSR count). The first-order chi connectivity index (χ1) is 8.63. The SMILES string of the molecule is CN(C)C(=O)CSCc1ccc(C#CCN)cc1. The van der Waals surface area contributed by atoms with E-state index in [0.717, 1.165) is 11.3 Å². The molecule has 0 aliphatic carbocycles. The molecule has 2 N–H and O–H groups in total. The molecule has 0 saturated heterocycles. The lowest BCUT2D eigenvalue weighted by Gasteiger charge is -2.09. The van der Waals surface area contributed by atoms with Gasteiger partial charge in [-0.15, -0.1) is 11.8 Å². The van der Waals surface area contributed by atoms with Crippen LogP contribution in [0.15, 0.2) is 24.3 Å². The summed E-state index contributed by atoms with van der Waals surface area (Å²) >= 11 is 1.62. The average molecular weight is 262 g/mol. The van der Waals surface area contributed by atoms with E-state index in [1.165, 1.54) is 5.56 Å². The molecule has 18 heavy (non-hydrogen) atoms. The molecule has 0 unspecified atom stereocenters. The number of nitrogens with zero attached hydrogens (tertiary/aromatic N) is 1.